The quantitative estimate of drug-likeness (QED) is 0.833. The van der Waals surface area contributed by atoms with Gasteiger partial charge in [-0.3, -0.25) is 0 Å². The summed E-state index contributed by atoms with van der Waals surface area (Å²) in [5, 5.41) is 0. The minimum Gasteiger partial charge on any atom is -0.323 e. The molecule has 0 aliphatic heterocycles. The lowest BCUT2D eigenvalue weighted by Gasteiger charge is -2.10. The van der Waals surface area contributed by atoms with Gasteiger partial charge in [0.05, 0.1) is 0 Å². The van der Waals surface area contributed by atoms with Crippen LogP contribution in [0.15, 0.2) is 30.3 Å². The van der Waals surface area contributed by atoms with Gasteiger partial charge in [-0.1, -0.05) is 24.6 Å². The number of fused-ring (bicyclic) bond motifs is 1. The zero-order valence-corrected chi connectivity index (χ0v) is 12.4. The third kappa shape index (κ3) is 2.94. The summed E-state index contributed by atoms with van der Waals surface area (Å²) in [5.74, 6) is -0.152. The monoisotopic (exact) mass is 289 g/mol. The molecular weight excluding hydrogens is 269 g/mol. The van der Waals surface area contributed by atoms with E-state index >= 15 is 0 Å². The molecule has 3 rings (SSSR count). The van der Waals surface area contributed by atoms with Gasteiger partial charge in [-0.05, 0) is 55.4 Å². The molecule has 106 valence electrons. The second-order valence-corrected chi connectivity index (χ2v) is 6.73. The van der Waals surface area contributed by atoms with Gasteiger partial charge in [-0.2, -0.15) is 0 Å². The predicted octanol–water partition coefficient (Wildman–Crippen LogP) is 4.40. The fourth-order valence-corrected chi connectivity index (χ4v) is 4.13. The second kappa shape index (κ2) is 6.06. The normalized spacial score (nSPS) is 16.5. The van der Waals surface area contributed by atoms with Crippen molar-refractivity contribution in [2.45, 2.75) is 44.6 Å². The Kier molecular flexibility index (Phi) is 4.18. The molecule has 2 N–H and O–H groups in total. The van der Waals surface area contributed by atoms with Crippen molar-refractivity contribution in [3.8, 4) is 0 Å². The van der Waals surface area contributed by atoms with E-state index in [1.165, 1.54) is 53.5 Å². The van der Waals surface area contributed by atoms with Gasteiger partial charge in [0.15, 0.2) is 0 Å². The molecule has 0 saturated carbocycles. The zero-order valence-electron chi connectivity index (χ0n) is 11.6. The van der Waals surface area contributed by atoms with E-state index in [1.54, 1.807) is 6.07 Å². The van der Waals surface area contributed by atoms with Gasteiger partial charge >= 0.3 is 0 Å². The first-order chi connectivity index (χ1) is 9.74. The van der Waals surface area contributed by atoms with Crippen molar-refractivity contribution in [1.82, 2.24) is 0 Å². The zero-order chi connectivity index (χ0) is 13.9. The smallest absolute Gasteiger partial charge is 0.126 e. The van der Waals surface area contributed by atoms with Crippen LogP contribution in [-0.2, 0) is 19.3 Å². The molecule has 20 heavy (non-hydrogen) atoms. The fourth-order valence-electron chi connectivity index (χ4n) is 2.87. The summed E-state index contributed by atoms with van der Waals surface area (Å²) in [6.07, 6.45) is 6.84. The highest BCUT2D eigenvalue weighted by Crippen LogP contribution is 2.32. The molecule has 0 fully saturated rings. The Morgan fingerprint density at radius 1 is 1.15 bits per heavy atom. The summed E-state index contributed by atoms with van der Waals surface area (Å²) in [6.45, 7) is 0. The number of halogens is 1. The molecule has 1 aliphatic carbocycles. The van der Waals surface area contributed by atoms with E-state index in [0.717, 1.165) is 0 Å². The summed E-state index contributed by atoms with van der Waals surface area (Å²) in [6, 6.07) is 9.09. The lowest BCUT2D eigenvalue weighted by molar-refractivity contribution is 0.595. The average Bonchev–Trinajstić information content (AvgIpc) is 2.73. The van der Waals surface area contributed by atoms with Gasteiger partial charge < -0.3 is 5.73 Å². The Bertz CT molecular complexity index is 567. The van der Waals surface area contributed by atoms with Gasteiger partial charge in [-0.25, -0.2) is 4.39 Å². The highest BCUT2D eigenvalue weighted by Gasteiger charge is 2.17. The molecule has 2 aromatic rings. The standard InChI is InChI=1S/C17H20FNS/c18-14-8-5-4-6-12(14)10-15(19)17-11-13-7-2-1-3-9-16(13)20-17/h4-6,8,11,15H,1-3,7,9-10,19H2. The van der Waals surface area contributed by atoms with Crippen molar-refractivity contribution in [1.29, 1.82) is 0 Å². The number of thiophene rings is 1. The van der Waals surface area contributed by atoms with Crippen LogP contribution in [-0.4, -0.2) is 0 Å². The first kappa shape index (κ1) is 13.8. The summed E-state index contributed by atoms with van der Waals surface area (Å²) < 4.78 is 13.7. The first-order valence-electron chi connectivity index (χ1n) is 7.34. The molecule has 1 aliphatic rings. The molecule has 1 unspecified atom stereocenters. The van der Waals surface area contributed by atoms with E-state index in [9.17, 15) is 4.39 Å². The van der Waals surface area contributed by atoms with Crippen molar-refractivity contribution >= 4 is 11.3 Å². The molecule has 1 heterocycles. The largest absolute Gasteiger partial charge is 0.323 e. The van der Waals surface area contributed by atoms with Crippen LogP contribution in [0.4, 0.5) is 4.39 Å². The van der Waals surface area contributed by atoms with Gasteiger partial charge in [-0.15, -0.1) is 11.3 Å². The molecule has 0 bridgehead atoms. The molecule has 3 heteroatoms. The van der Waals surface area contributed by atoms with Gasteiger partial charge in [0.2, 0.25) is 0 Å². The molecule has 1 aromatic heterocycles. The average molecular weight is 289 g/mol. The highest BCUT2D eigenvalue weighted by atomic mass is 32.1. The minimum absolute atomic E-state index is 0.0937. The number of benzene rings is 1. The maximum atomic E-state index is 13.7. The van der Waals surface area contributed by atoms with Crippen LogP contribution in [0.1, 0.15) is 46.2 Å². The fraction of sp³-hybridized carbons (Fsp3) is 0.412. The lowest BCUT2D eigenvalue weighted by Crippen LogP contribution is -2.12. The Hall–Kier alpha value is -1.19. The predicted molar refractivity (Wildman–Crippen MR) is 82.6 cm³/mol. The van der Waals surface area contributed by atoms with E-state index in [-0.39, 0.29) is 11.9 Å². The van der Waals surface area contributed by atoms with Crippen molar-refractivity contribution in [3.05, 3.63) is 57.0 Å². The Morgan fingerprint density at radius 3 is 2.80 bits per heavy atom. The van der Waals surface area contributed by atoms with Crippen LogP contribution in [0.25, 0.3) is 0 Å². The molecule has 1 nitrogen and oxygen atoms in total. The van der Waals surface area contributed by atoms with Gasteiger partial charge in [0.1, 0.15) is 5.82 Å². The minimum atomic E-state index is -0.152. The third-order valence-corrected chi connectivity index (χ3v) is 5.40. The van der Waals surface area contributed by atoms with E-state index in [0.29, 0.717) is 12.0 Å². The van der Waals surface area contributed by atoms with E-state index in [1.807, 2.05) is 23.5 Å². The maximum Gasteiger partial charge on any atom is 0.126 e. The van der Waals surface area contributed by atoms with Crippen LogP contribution in [0, 0.1) is 5.82 Å². The highest BCUT2D eigenvalue weighted by molar-refractivity contribution is 7.12. The summed E-state index contributed by atoms with van der Waals surface area (Å²) in [5.41, 5.74) is 8.48. The number of aryl methyl sites for hydroxylation is 2. The Balaban J connectivity index is 1.77. The third-order valence-electron chi connectivity index (χ3n) is 4.03. The summed E-state index contributed by atoms with van der Waals surface area (Å²) in [4.78, 5) is 2.71. The first-order valence-corrected chi connectivity index (χ1v) is 8.16. The maximum absolute atomic E-state index is 13.7. The number of hydrogen-bond donors (Lipinski definition) is 1. The van der Waals surface area contributed by atoms with Crippen LogP contribution in [0.2, 0.25) is 0 Å². The molecule has 1 aromatic carbocycles. The Morgan fingerprint density at radius 2 is 1.95 bits per heavy atom. The van der Waals surface area contributed by atoms with E-state index in [2.05, 4.69) is 6.07 Å². The van der Waals surface area contributed by atoms with E-state index in [4.69, 9.17) is 5.73 Å². The SMILES string of the molecule is NC(Cc1ccccc1F)c1cc2c(s1)CCCCC2. The van der Waals surface area contributed by atoms with Crippen molar-refractivity contribution in [2.24, 2.45) is 5.73 Å². The van der Waals surface area contributed by atoms with Crippen molar-refractivity contribution < 1.29 is 4.39 Å². The molecule has 0 spiro atoms. The molecule has 0 radical (unpaired) electrons. The Labute approximate surface area is 123 Å². The molecule has 1 atom stereocenters. The van der Waals surface area contributed by atoms with E-state index < -0.39 is 0 Å². The van der Waals surface area contributed by atoms with Crippen LogP contribution < -0.4 is 5.73 Å². The summed E-state index contributed by atoms with van der Waals surface area (Å²) in [7, 11) is 0. The lowest BCUT2D eigenvalue weighted by atomic mass is 10.0. The molecule has 0 saturated heterocycles. The van der Waals surface area contributed by atoms with Crippen LogP contribution >= 0.6 is 11.3 Å². The number of hydrogen-bond acceptors (Lipinski definition) is 2. The van der Waals surface area contributed by atoms with Gasteiger partial charge in [0.25, 0.3) is 0 Å². The number of nitrogens with two attached hydrogens (primary N) is 1. The molecular formula is C17H20FNS. The van der Waals surface area contributed by atoms with Crippen LogP contribution in [0.5, 0.6) is 0 Å². The second-order valence-electron chi connectivity index (χ2n) is 5.56. The topological polar surface area (TPSA) is 26.0 Å². The number of rotatable bonds is 3. The van der Waals surface area contributed by atoms with Crippen molar-refractivity contribution in [2.75, 3.05) is 0 Å². The van der Waals surface area contributed by atoms with Crippen molar-refractivity contribution in [3.63, 3.8) is 0 Å². The van der Waals surface area contributed by atoms with Crippen LogP contribution in [0.3, 0.4) is 0 Å². The molecule has 0 amide bonds. The summed E-state index contributed by atoms with van der Waals surface area (Å²) >= 11 is 1.83. The van der Waals surface area contributed by atoms with Gasteiger partial charge in [0, 0.05) is 15.8 Å².